The van der Waals surface area contributed by atoms with Crippen LogP contribution < -0.4 is 32.0 Å². The molecule has 6 nitrogen and oxygen atoms in total. The maximum Gasteiger partial charge on any atom is 0.221 e. The van der Waals surface area contributed by atoms with E-state index in [0.717, 1.165) is 65.3 Å². The Hall–Kier alpha value is -5.85. The van der Waals surface area contributed by atoms with Crippen LogP contribution in [0.15, 0.2) is 132 Å². The fourth-order valence-corrected chi connectivity index (χ4v) is 7.87. The summed E-state index contributed by atoms with van der Waals surface area (Å²) >= 11 is 0. The molecular weight excluding hydrogens is 685 g/mol. The first-order chi connectivity index (χ1) is 27.2. The molecule has 1 aliphatic rings. The molecule has 286 valence electrons. The first kappa shape index (κ1) is 38.4. The highest BCUT2D eigenvalue weighted by molar-refractivity contribution is 5.93. The van der Waals surface area contributed by atoms with Crippen molar-refractivity contribution in [3.63, 3.8) is 0 Å². The van der Waals surface area contributed by atoms with Crippen molar-refractivity contribution in [3.05, 3.63) is 154 Å². The van der Waals surface area contributed by atoms with Gasteiger partial charge in [0.1, 0.15) is 11.4 Å². The van der Waals surface area contributed by atoms with Crippen molar-refractivity contribution in [1.82, 2.24) is 5.32 Å². The summed E-state index contributed by atoms with van der Waals surface area (Å²) in [5.74, 6) is 0. The number of nitrogens with one attached hydrogen (secondary N) is 2. The van der Waals surface area contributed by atoms with Gasteiger partial charge in [0.05, 0.1) is 0 Å². The number of aryl methyl sites for hydroxylation is 3. The molecule has 1 heterocycles. The minimum absolute atomic E-state index is 0.817. The molecule has 7 rings (SSSR count). The van der Waals surface area contributed by atoms with Crippen LogP contribution in [0.25, 0.3) is 33.6 Å². The predicted octanol–water partition coefficient (Wildman–Crippen LogP) is 10.5. The minimum atomic E-state index is 0.817. The number of anilines is 3. The number of para-hydroxylation sites is 2. The van der Waals surface area contributed by atoms with Gasteiger partial charge in [-0.1, -0.05) is 74.2 Å². The zero-order valence-corrected chi connectivity index (χ0v) is 33.6. The van der Waals surface area contributed by atoms with E-state index in [1.807, 2.05) is 6.07 Å². The third kappa shape index (κ3) is 9.15. The maximum absolute atomic E-state index is 6.42. The van der Waals surface area contributed by atoms with E-state index in [-0.39, 0.29) is 0 Å². The largest absolute Gasteiger partial charge is 0.398 e. The van der Waals surface area contributed by atoms with Crippen LogP contribution in [0.5, 0.6) is 0 Å². The Bertz CT molecular complexity index is 2420. The van der Waals surface area contributed by atoms with Crippen LogP contribution in [-0.4, -0.2) is 13.1 Å². The molecule has 6 aromatic rings. The van der Waals surface area contributed by atoms with Gasteiger partial charge >= 0.3 is 0 Å². The number of aromatic nitrogens is 1. The molecule has 0 aliphatic heterocycles. The molecule has 0 saturated carbocycles. The molecule has 0 amide bonds. The summed E-state index contributed by atoms with van der Waals surface area (Å²) in [6, 6.07) is 36.6. The lowest BCUT2D eigenvalue weighted by atomic mass is 9.96. The van der Waals surface area contributed by atoms with Crippen molar-refractivity contribution in [2.45, 2.75) is 72.6 Å². The van der Waals surface area contributed by atoms with Gasteiger partial charge in [-0.15, -0.1) is 0 Å². The number of benzene rings is 5. The normalized spacial score (nSPS) is 13.6. The van der Waals surface area contributed by atoms with Crippen molar-refractivity contribution in [1.29, 1.82) is 0 Å². The second-order valence-electron chi connectivity index (χ2n) is 15.5. The first-order valence-electron chi connectivity index (χ1n) is 20.4. The van der Waals surface area contributed by atoms with Crippen LogP contribution in [0, 0.1) is 20.8 Å². The second-order valence-corrected chi connectivity index (χ2v) is 15.5. The number of nitrogen functional groups attached to an aromatic ring is 2. The molecule has 0 atom stereocenters. The molecule has 0 saturated heterocycles. The number of pyridine rings is 1. The highest BCUT2D eigenvalue weighted by atomic mass is 15.0. The molecule has 56 heavy (non-hydrogen) atoms. The van der Waals surface area contributed by atoms with Gasteiger partial charge < -0.3 is 22.1 Å². The fraction of sp³-hybridized carbons (Fsp3) is 0.260. The van der Waals surface area contributed by atoms with E-state index < -0.39 is 0 Å². The number of nitrogens with two attached hydrogens (primary N) is 3. The first-order valence-corrected chi connectivity index (χ1v) is 20.4. The van der Waals surface area contributed by atoms with Crippen LogP contribution in [-0.2, 0) is 0 Å². The van der Waals surface area contributed by atoms with Gasteiger partial charge in [0.2, 0.25) is 16.7 Å². The third-order valence-corrected chi connectivity index (χ3v) is 11.1. The molecule has 1 aromatic heterocycles. The molecule has 1 aliphatic carbocycles. The van der Waals surface area contributed by atoms with E-state index in [9.17, 15) is 0 Å². The predicted molar refractivity (Wildman–Crippen MR) is 239 cm³/mol. The van der Waals surface area contributed by atoms with Crippen LogP contribution in [0.3, 0.4) is 0 Å². The Balaban J connectivity index is 0.863. The van der Waals surface area contributed by atoms with E-state index in [1.54, 1.807) is 0 Å². The van der Waals surface area contributed by atoms with E-state index in [2.05, 4.69) is 164 Å². The van der Waals surface area contributed by atoms with Crippen LogP contribution in [0.4, 0.5) is 28.4 Å². The maximum atomic E-state index is 6.42. The lowest BCUT2D eigenvalue weighted by Crippen LogP contribution is -2.71. The summed E-state index contributed by atoms with van der Waals surface area (Å²) in [5.41, 5.74) is 29.9. The zero-order chi connectivity index (χ0) is 39.0. The molecule has 0 bridgehead atoms. The molecule has 5 aromatic carbocycles. The molecule has 6 heteroatoms. The van der Waals surface area contributed by atoms with Gasteiger partial charge in [-0.2, -0.15) is 4.57 Å². The van der Waals surface area contributed by atoms with Gasteiger partial charge in [0.25, 0.3) is 0 Å². The monoisotopic (exact) mass is 742 g/mol. The number of allylic oxidation sites excluding steroid dienone is 4. The van der Waals surface area contributed by atoms with E-state index in [1.165, 1.54) is 87.7 Å². The van der Waals surface area contributed by atoms with Gasteiger partial charge in [-0.3, -0.25) is 5.32 Å². The summed E-state index contributed by atoms with van der Waals surface area (Å²) in [4.78, 5) is 0. The number of rotatable bonds is 15. The van der Waals surface area contributed by atoms with Gasteiger partial charge in [-0.25, -0.2) is 0 Å². The molecule has 0 spiro atoms. The molecule has 0 radical (unpaired) electrons. The summed E-state index contributed by atoms with van der Waals surface area (Å²) < 4.78 is 2.35. The number of quaternary nitrogens is 1. The summed E-state index contributed by atoms with van der Waals surface area (Å²) in [6.45, 7) is 10.6. The number of hydrogen-bond acceptors (Lipinski definition) is 4. The van der Waals surface area contributed by atoms with Crippen LogP contribution >= 0.6 is 0 Å². The summed E-state index contributed by atoms with van der Waals surface area (Å²) in [7, 11) is 0. The third-order valence-electron chi connectivity index (χ3n) is 11.1. The minimum Gasteiger partial charge on any atom is -0.398 e. The topological polar surface area (TPSA) is 96.6 Å². The Kier molecular flexibility index (Phi) is 12.2. The van der Waals surface area contributed by atoms with Crippen LogP contribution in [0.2, 0.25) is 0 Å². The Morgan fingerprint density at radius 2 is 1.25 bits per heavy atom. The van der Waals surface area contributed by atoms with Gasteiger partial charge in [-0.05, 0) is 117 Å². The van der Waals surface area contributed by atoms with Crippen molar-refractivity contribution < 1.29 is 9.88 Å². The Morgan fingerprint density at radius 1 is 0.643 bits per heavy atom. The van der Waals surface area contributed by atoms with Crippen LogP contribution in [0.1, 0.15) is 74.1 Å². The van der Waals surface area contributed by atoms with E-state index in [0.29, 0.717) is 0 Å². The van der Waals surface area contributed by atoms with Crippen molar-refractivity contribution in [3.8, 4) is 5.69 Å². The molecule has 8 N–H and O–H groups in total. The van der Waals surface area contributed by atoms with Crippen molar-refractivity contribution in [2.75, 3.05) is 29.9 Å². The van der Waals surface area contributed by atoms with E-state index >= 15 is 0 Å². The molecule has 0 unspecified atom stereocenters. The summed E-state index contributed by atoms with van der Waals surface area (Å²) in [5, 5.41) is 12.1. The van der Waals surface area contributed by atoms with Gasteiger partial charge in [0, 0.05) is 82.5 Å². The number of nitrogens with zero attached hydrogens (tertiary/aromatic N) is 1. The van der Waals surface area contributed by atoms with E-state index in [4.69, 9.17) is 11.5 Å². The average molecular weight is 743 g/mol. The molecular formula is C50H58N6+2. The summed E-state index contributed by atoms with van der Waals surface area (Å²) in [6.07, 6.45) is 15.3. The Morgan fingerprint density at radius 3 is 1.96 bits per heavy atom. The fourth-order valence-electron chi connectivity index (χ4n) is 7.87. The van der Waals surface area contributed by atoms with Gasteiger partial charge in [0.15, 0.2) is 0 Å². The Labute approximate surface area is 333 Å². The average Bonchev–Trinajstić information content (AvgIpc) is 3.19. The lowest BCUT2D eigenvalue weighted by Gasteiger charge is -2.17. The smallest absolute Gasteiger partial charge is 0.221 e. The standard InChI is InChI=1S/C50H56N6/c1-34-26-39(48(31-44(34)51)55-42-17-11-9-12-18-42)29-38-21-22-46(36(3)25-38)53-23-15-7-5-6-8-16-24-54-47-33-50-41(28-37(47)4)30-40-27-35(2)45(52)32-49(40)56(50)43-19-13-10-14-20-43/h9-14,17-20,22,25-33,53,55H,5-8,15-16,21,23-24,51H2,1-4H3,(H2,52,54)/p+2/b38-29+. The lowest BCUT2D eigenvalue weighted by molar-refractivity contribution is -0.537. The number of fused-ring (bicyclic) bond motifs is 2. The highest BCUT2D eigenvalue weighted by Gasteiger charge is 2.21. The SMILES string of the molecule is CC1=C/C(=C/c2cc(C)c(N)cc2[NH2+]c2ccccc2)CC=C1NCCCCCCCCNc1cc2c(cc1C)cc1cc(C)c(N)cc1[n+]2-c1ccccc1. The van der Waals surface area contributed by atoms with Crippen molar-refractivity contribution >= 4 is 56.3 Å². The highest BCUT2D eigenvalue weighted by Crippen LogP contribution is 2.30. The second kappa shape index (κ2) is 17.7. The zero-order valence-electron chi connectivity index (χ0n) is 33.6. The molecule has 0 fully saturated rings. The number of unbranched alkanes of at least 4 members (excludes halogenated alkanes) is 5. The quantitative estimate of drug-likeness (QED) is 0.0313. The van der Waals surface area contributed by atoms with Crippen molar-refractivity contribution in [2.24, 2.45) is 0 Å². The number of hydrogen-bond donors (Lipinski definition) is 5.